The van der Waals surface area contributed by atoms with Gasteiger partial charge in [0.1, 0.15) is 0 Å². The van der Waals surface area contributed by atoms with Crippen LogP contribution >= 0.6 is 0 Å². The molecule has 0 aliphatic heterocycles. The fourth-order valence-corrected chi connectivity index (χ4v) is 0. The molecule has 0 fully saturated rings. The third kappa shape index (κ3) is 11.1. The van der Waals surface area contributed by atoms with Crippen molar-refractivity contribution in [2.24, 2.45) is 0 Å². The monoisotopic (exact) mass is 200 g/mol. The van der Waals surface area contributed by atoms with Crippen molar-refractivity contribution in [2.75, 3.05) is 0 Å². The fourth-order valence-electron chi connectivity index (χ4n) is 0. The molecule has 0 aliphatic carbocycles. The Morgan fingerprint density at radius 2 is 1.71 bits per heavy atom. The van der Waals surface area contributed by atoms with Crippen LogP contribution in [0, 0.1) is 0 Å². The molecule has 0 N–H and O–H groups in total. The number of hydrogen-bond donors (Lipinski definition) is 0. The summed E-state index contributed by atoms with van der Waals surface area (Å²) in [5.41, 5.74) is 0. The molecule has 0 radical (unpaired) electrons. The van der Waals surface area contributed by atoms with Crippen LogP contribution < -0.4 is 29.6 Å². The van der Waals surface area contributed by atoms with E-state index >= 15 is 0 Å². The Bertz CT molecular complexity index is 114. The van der Waals surface area contributed by atoms with Crippen molar-refractivity contribution in [1.82, 2.24) is 0 Å². The van der Waals surface area contributed by atoms with Crippen LogP contribution in [0.3, 0.4) is 0 Å². The third-order valence-corrected chi connectivity index (χ3v) is 1.42. The van der Waals surface area contributed by atoms with Crippen LogP contribution in [-0.2, 0) is 13.7 Å². The summed E-state index contributed by atoms with van der Waals surface area (Å²) < 4.78 is 30.9. The maximum Gasteiger partial charge on any atom is 1.00 e. The van der Waals surface area contributed by atoms with Gasteiger partial charge >= 0.3 is 72.5 Å². The summed E-state index contributed by atoms with van der Waals surface area (Å²) in [5.74, 6) is 0. The zero-order chi connectivity index (χ0) is 5.21. The molecular formula is HNaO4SSe. The summed E-state index contributed by atoms with van der Waals surface area (Å²) in [6.07, 6.45) is 0. The molecule has 0 unspecified atom stereocenters. The fraction of sp³-hybridized carbons (Fsp3) is 0. The Morgan fingerprint density at radius 1 is 1.57 bits per heavy atom. The van der Waals surface area contributed by atoms with Crippen molar-refractivity contribution in [1.29, 1.82) is 0 Å². The van der Waals surface area contributed by atoms with E-state index in [1.54, 1.807) is 0 Å². The van der Waals surface area contributed by atoms with Gasteiger partial charge in [-0.2, -0.15) is 0 Å². The van der Waals surface area contributed by atoms with Crippen LogP contribution in [0.15, 0.2) is 0 Å². The molecule has 0 aromatic heterocycles. The Balaban J connectivity index is 0. The maximum atomic E-state index is 9.21. The van der Waals surface area contributed by atoms with Crippen molar-refractivity contribution in [2.45, 2.75) is 0 Å². The van der Waals surface area contributed by atoms with Gasteiger partial charge in [0.25, 0.3) is 0 Å². The van der Waals surface area contributed by atoms with Crippen LogP contribution in [0.1, 0.15) is 0 Å². The summed E-state index contributed by atoms with van der Waals surface area (Å²) in [6.45, 7) is 0. The predicted molar refractivity (Wildman–Crippen MR) is 17.9 cm³/mol. The molecule has 0 aliphatic rings. The van der Waals surface area contributed by atoms with E-state index in [0.29, 0.717) is 0 Å². The molecule has 0 atom stereocenters. The molecule has 0 amide bonds. The predicted octanol–water partition coefficient (Wildman–Crippen LogP) is -4.72. The van der Waals surface area contributed by atoms with Crippen LogP contribution in [0.25, 0.3) is 0 Å². The second-order valence-electron chi connectivity index (χ2n) is 0.483. The van der Waals surface area contributed by atoms with Gasteiger partial charge in [0.15, 0.2) is 0 Å². The van der Waals surface area contributed by atoms with Crippen LogP contribution in [0.2, 0.25) is 0 Å². The SMILES string of the molecule is O=S(=O)([O-])O[SeH].[Na+]. The summed E-state index contributed by atoms with van der Waals surface area (Å²) >= 11 is 1.20. The Kier molecular flexibility index (Phi) is 6.87. The standard InChI is InChI=1S/Na.H2O4SSe/c;1-5(2,3)4-6/h;6H,(H,1,2,3)/q+1;/p-1. The average molecular weight is 199 g/mol. The van der Waals surface area contributed by atoms with Crippen molar-refractivity contribution < 1.29 is 45.8 Å². The molecule has 0 heterocycles. The summed E-state index contributed by atoms with van der Waals surface area (Å²) in [4.78, 5) is 0. The van der Waals surface area contributed by atoms with Crippen molar-refractivity contribution in [3.05, 3.63) is 0 Å². The second-order valence-corrected chi connectivity index (χ2v) is 2.39. The van der Waals surface area contributed by atoms with Crippen molar-refractivity contribution in [3.63, 3.8) is 0 Å². The molecule has 0 aromatic carbocycles. The topological polar surface area (TPSA) is 66.4 Å². The first-order valence-electron chi connectivity index (χ1n) is 0.849. The first-order valence-corrected chi connectivity index (χ1v) is 2.95. The second kappa shape index (κ2) is 4.29. The Labute approximate surface area is 72.0 Å². The van der Waals surface area contributed by atoms with Gasteiger partial charge in [-0.25, -0.2) is 0 Å². The van der Waals surface area contributed by atoms with Crippen LogP contribution in [0.5, 0.6) is 0 Å². The van der Waals surface area contributed by atoms with E-state index < -0.39 is 10.4 Å². The molecule has 7 heteroatoms. The van der Waals surface area contributed by atoms with Crippen molar-refractivity contribution in [3.8, 4) is 0 Å². The normalized spacial score (nSPS) is 10.0. The van der Waals surface area contributed by atoms with E-state index in [9.17, 15) is 13.0 Å². The minimum Gasteiger partial charge on any atom is 1.00 e. The van der Waals surface area contributed by atoms with Crippen molar-refractivity contribution >= 4 is 26.7 Å². The van der Waals surface area contributed by atoms with E-state index in [0.717, 1.165) is 0 Å². The molecule has 38 valence electrons. The first-order chi connectivity index (χ1) is 2.56. The van der Waals surface area contributed by atoms with E-state index in [1.807, 2.05) is 0 Å². The van der Waals surface area contributed by atoms with Gasteiger partial charge in [-0.1, -0.05) is 0 Å². The molecule has 0 saturated carbocycles. The molecule has 0 bridgehead atoms. The van der Waals surface area contributed by atoms with Gasteiger partial charge in [0.05, 0.1) is 0 Å². The summed E-state index contributed by atoms with van der Waals surface area (Å²) in [5, 5.41) is 0. The van der Waals surface area contributed by atoms with E-state index in [2.05, 4.69) is 3.27 Å². The van der Waals surface area contributed by atoms with Gasteiger partial charge in [0, 0.05) is 0 Å². The number of hydrogen-bond acceptors (Lipinski definition) is 4. The maximum absolute atomic E-state index is 9.21. The van der Waals surface area contributed by atoms with Gasteiger partial charge in [-0.15, -0.1) is 0 Å². The summed E-state index contributed by atoms with van der Waals surface area (Å²) in [7, 11) is -4.44. The molecule has 0 aromatic rings. The van der Waals surface area contributed by atoms with Gasteiger partial charge < -0.3 is 0 Å². The minimum absolute atomic E-state index is 0. The Morgan fingerprint density at radius 3 is 1.71 bits per heavy atom. The van der Waals surface area contributed by atoms with E-state index in [-0.39, 0.29) is 29.6 Å². The number of rotatable bonds is 1. The minimum atomic E-state index is -4.44. The quantitative estimate of drug-likeness (QED) is 0.242. The first kappa shape index (κ1) is 11.2. The smallest absolute Gasteiger partial charge is 1.00 e. The largest absolute Gasteiger partial charge is 1.00 e. The van der Waals surface area contributed by atoms with Crippen LogP contribution in [-0.4, -0.2) is 29.3 Å². The van der Waals surface area contributed by atoms with E-state index in [4.69, 9.17) is 0 Å². The molecule has 4 nitrogen and oxygen atoms in total. The molecular weight excluding hydrogens is 198 g/mol. The van der Waals surface area contributed by atoms with Gasteiger partial charge in [-0.05, 0) is 0 Å². The molecule has 0 saturated heterocycles. The molecule has 0 rings (SSSR count). The Hall–Kier alpha value is 1.39. The summed E-state index contributed by atoms with van der Waals surface area (Å²) in [6, 6.07) is 0. The van der Waals surface area contributed by atoms with E-state index in [1.165, 1.54) is 16.3 Å². The molecule has 7 heavy (non-hydrogen) atoms. The third-order valence-electron chi connectivity index (χ3n) is 0.0913. The zero-order valence-electron chi connectivity index (χ0n) is 3.49. The van der Waals surface area contributed by atoms with Crippen LogP contribution in [0.4, 0.5) is 0 Å². The average Bonchev–Trinajstić information content (AvgIpc) is 1.35. The zero-order valence-corrected chi connectivity index (χ0v) is 8.18. The molecule has 0 spiro atoms. The van der Waals surface area contributed by atoms with Gasteiger partial charge in [0.2, 0.25) is 0 Å². The van der Waals surface area contributed by atoms with Gasteiger partial charge in [-0.3, -0.25) is 0 Å².